The molecule has 6 nitrogen and oxygen atoms in total. The first kappa shape index (κ1) is 17.1. The lowest BCUT2D eigenvalue weighted by Gasteiger charge is -2.17. The molecule has 2 aromatic heterocycles. The quantitative estimate of drug-likeness (QED) is 0.736. The lowest BCUT2D eigenvalue weighted by molar-refractivity contribution is -0.119. The van der Waals surface area contributed by atoms with Crippen LogP contribution in [0.15, 0.2) is 48.0 Å². The van der Waals surface area contributed by atoms with Gasteiger partial charge in [0.15, 0.2) is 5.13 Å². The van der Waals surface area contributed by atoms with Gasteiger partial charge in [0.25, 0.3) is 5.91 Å². The predicted molar refractivity (Wildman–Crippen MR) is 109 cm³/mol. The number of anilines is 2. The molecule has 140 valence electrons. The number of hydrogen-bond acceptors (Lipinski definition) is 5. The Bertz CT molecular complexity index is 1060. The predicted octanol–water partition coefficient (Wildman–Crippen LogP) is 3.76. The van der Waals surface area contributed by atoms with Gasteiger partial charge < -0.3 is 4.90 Å². The molecular weight excluding hydrogens is 372 g/mol. The molecule has 28 heavy (non-hydrogen) atoms. The summed E-state index contributed by atoms with van der Waals surface area (Å²) in [6.45, 7) is 0.760. The highest BCUT2D eigenvalue weighted by Gasteiger charge is 2.36. The summed E-state index contributed by atoms with van der Waals surface area (Å²) in [7, 11) is 0. The average Bonchev–Trinajstić information content (AvgIpc) is 3.33. The van der Waals surface area contributed by atoms with Crippen molar-refractivity contribution < 1.29 is 9.59 Å². The van der Waals surface area contributed by atoms with Crippen LogP contribution in [0.5, 0.6) is 0 Å². The van der Waals surface area contributed by atoms with Crippen LogP contribution < -0.4 is 10.2 Å². The van der Waals surface area contributed by atoms with Crippen molar-refractivity contribution in [3.8, 4) is 11.3 Å². The third-order valence-corrected chi connectivity index (χ3v) is 5.84. The van der Waals surface area contributed by atoms with Crippen LogP contribution in [0.2, 0.25) is 0 Å². The van der Waals surface area contributed by atoms with Crippen LogP contribution in [0, 0.1) is 5.92 Å². The normalized spacial score (nSPS) is 15.4. The number of benzene rings is 1. The number of pyridine rings is 1. The Balaban J connectivity index is 1.34. The SMILES string of the molecule is O=C(Nc1nc(-c2ccc3c(c2)CCN3C(=O)C2CC2)cs1)c1ccccn1. The fourth-order valence-electron chi connectivity index (χ4n) is 3.46. The minimum Gasteiger partial charge on any atom is -0.312 e. The second-order valence-electron chi connectivity index (χ2n) is 7.06. The Labute approximate surface area is 166 Å². The number of thiazole rings is 1. The molecular formula is C21H18N4O2S. The van der Waals surface area contributed by atoms with E-state index in [4.69, 9.17) is 0 Å². The molecule has 7 heteroatoms. The summed E-state index contributed by atoms with van der Waals surface area (Å²) in [5.41, 5.74) is 4.38. The summed E-state index contributed by atoms with van der Waals surface area (Å²) in [5.74, 6) is 0.221. The number of rotatable bonds is 4. The van der Waals surface area contributed by atoms with Crippen LogP contribution in [0.4, 0.5) is 10.8 Å². The van der Waals surface area contributed by atoms with Crippen LogP contribution in [0.25, 0.3) is 11.3 Å². The van der Waals surface area contributed by atoms with Gasteiger partial charge in [-0.15, -0.1) is 11.3 Å². The molecule has 0 saturated heterocycles. The molecule has 1 aromatic carbocycles. The molecule has 0 atom stereocenters. The van der Waals surface area contributed by atoms with Crippen molar-refractivity contribution in [2.24, 2.45) is 5.92 Å². The van der Waals surface area contributed by atoms with Gasteiger partial charge in [0.05, 0.1) is 5.69 Å². The van der Waals surface area contributed by atoms with Gasteiger partial charge in [0.2, 0.25) is 5.91 Å². The second kappa shape index (κ2) is 6.83. The number of nitrogens with zero attached hydrogens (tertiary/aromatic N) is 3. The third kappa shape index (κ3) is 3.18. The number of amides is 2. The lowest BCUT2D eigenvalue weighted by Crippen LogP contribution is -2.30. The van der Waals surface area contributed by atoms with Crippen LogP contribution in [-0.4, -0.2) is 28.3 Å². The Morgan fingerprint density at radius 2 is 2.07 bits per heavy atom. The molecule has 0 radical (unpaired) electrons. The highest BCUT2D eigenvalue weighted by Crippen LogP contribution is 2.38. The van der Waals surface area contributed by atoms with Gasteiger partial charge in [-0.2, -0.15) is 0 Å². The van der Waals surface area contributed by atoms with E-state index in [1.807, 2.05) is 22.4 Å². The molecule has 1 fully saturated rings. The van der Waals surface area contributed by atoms with E-state index in [0.717, 1.165) is 42.8 Å². The van der Waals surface area contributed by atoms with E-state index < -0.39 is 0 Å². The van der Waals surface area contributed by atoms with Crippen LogP contribution in [-0.2, 0) is 11.2 Å². The zero-order valence-corrected chi connectivity index (χ0v) is 15.9. The molecule has 2 amide bonds. The first-order valence-electron chi connectivity index (χ1n) is 9.31. The van der Waals surface area contributed by atoms with Crippen molar-refractivity contribution in [1.82, 2.24) is 9.97 Å². The summed E-state index contributed by atoms with van der Waals surface area (Å²) < 4.78 is 0. The number of fused-ring (bicyclic) bond motifs is 1. The molecule has 1 aliphatic carbocycles. The maximum atomic E-state index is 12.4. The number of carbonyl (C=O) groups is 2. The first-order valence-corrected chi connectivity index (χ1v) is 10.2. The summed E-state index contributed by atoms with van der Waals surface area (Å²) in [6.07, 6.45) is 4.50. The van der Waals surface area contributed by atoms with Crippen molar-refractivity contribution in [2.75, 3.05) is 16.8 Å². The molecule has 0 unspecified atom stereocenters. The summed E-state index contributed by atoms with van der Waals surface area (Å²) in [5, 5.41) is 5.26. The van der Waals surface area contributed by atoms with E-state index in [-0.39, 0.29) is 17.7 Å². The van der Waals surface area contributed by atoms with Gasteiger partial charge in [-0.3, -0.25) is 19.9 Å². The fraction of sp³-hybridized carbons (Fsp3) is 0.238. The molecule has 0 spiro atoms. The zero-order valence-electron chi connectivity index (χ0n) is 15.1. The number of nitrogens with one attached hydrogen (secondary N) is 1. The van der Waals surface area contributed by atoms with Gasteiger partial charge in [0, 0.05) is 35.3 Å². The number of hydrogen-bond donors (Lipinski definition) is 1. The monoisotopic (exact) mass is 390 g/mol. The maximum absolute atomic E-state index is 12.4. The van der Waals surface area contributed by atoms with Crippen LogP contribution in [0.3, 0.4) is 0 Å². The topological polar surface area (TPSA) is 75.2 Å². The van der Waals surface area contributed by atoms with E-state index in [1.165, 1.54) is 16.9 Å². The molecule has 3 aromatic rings. The minimum absolute atomic E-state index is 0.231. The largest absolute Gasteiger partial charge is 0.312 e. The minimum atomic E-state index is -0.273. The summed E-state index contributed by atoms with van der Waals surface area (Å²) in [6, 6.07) is 11.3. The van der Waals surface area contributed by atoms with E-state index in [9.17, 15) is 9.59 Å². The van der Waals surface area contributed by atoms with Crippen molar-refractivity contribution in [3.63, 3.8) is 0 Å². The molecule has 5 rings (SSSR count). The lowest BCUT2D eigenvalue weighted by atomic mass is 10.1. The molecule has 2 aliphatic rings. The Morgan fingerprint density at radius 1 is 1.18 bits per heavy atom. The molecule has 3 heterocycles. The summed E-state index contributed by atoms with van der Waals surface area (Å²) in [4.78, 5) is 35.2. The Kier molecular flexibility index (Phi) is 4.16. The van der Waals surface area contributed by atoms with Gasteiger partial charge in [-0.05, 0) is 49.1 Å². The van der Waals surface area contributed by atoms with Crippen molar-refractivity contribution in [2.45, 2.75) is 19.3 Å². The fourth-order valence-corrected chi connectivity index (χ4v) is 4.18. The second-order valence-corrected chi connectivity index (χ2v) is 7.92. The van der Waals surface area contributed by atoms with E-state index in [0.29, 0.717) is 10.8 Å². The van der Waals surface area contributed by atoms with E-state index in [1.54, 1.807) is 24.4 Å². The number of aromatic nitrogens is 2. The van der Waals surface area contributed by atoms with Crippen molar-refractivity contribution in [1.29, 1.82) is 0 Å². The Hall–Kier alpha value is -3.06. The Morgan fingerprint density at radius 3 is 2.86 bits per heavy atom. The summed E-state index contributed by atoms with van der Waals surface area (Å²) >= 11 is 1.38. The van der Waals surface area contributed by atoms with E-state index in [2.05, 4.69) is 21.4 Å². The third-order valence-electron chi connectivity index (χ3n) is 5.09. The van der Waals surface area contributed by atoms with E-state index >= 15 is 0 Å². The molecule has 1 N–H and O–H groups in total. The first-order chi connectivity index (χ1) is 13.7. The average molecular weight is 390 g/mol. The van der Waals surface area contributed by atoms with Gasteiger partial charge in [-0.1, -0.05) is 12.1 Å². The van der Waals surface area contributed by atoms with Gasteiger partial charge >= 0.3 is 0 Å². The smallest absolute Gasteiger partial charge is 0.276 e. The van der Waals surface area contributed by atoms with Gasteiger partial charge in [-0.25, -0.2) is 4.98 Å². The maximum Gasteiger partial charge on any atom is 0.276 e. The molecule has 0 bridgehead atoms. The molecule has 1 saturated carbocycles. The highest BCUT2D eigenvalue weighted by molar-refractivity contribution is 7.14. The molecule has 1 aliphatic heterocycles. The van der Waals surface area contributed by atoms with Crippen molar-refractivity contribution >= 4 is 34.0 Å². The highest BCUT2D eigenvalue weighted by atomic mass is 32.1. The van der Waals surface area contributed by atoms with Crippen LogP contribution >= 0.6 is 11.3 Å². The van der Waals surface area contributed by atoms with Crippen LogP contribution in [0.1, 0.15) is 28.9 Å². The van der Waals surface area contributed by atoms with Crippen molar-refractivity contribution in [3.05, 3.63) is 59.2 Å². The standard InChI is InChI=1S/C21H18N4O2S/c26-19(16-3-1-2-9-22-16)24-21-23-17(12-28-21)14-6-7-18-15(11-14)8-10-25(18)20(27)13-4-5-13/h1-3,6-7,9,11-13H,4-5,8,10H2,(H,23,24,26). The number of carbonyl (C=O) groups excluding carboxylic acids is 2. The van der Waals surface area contributed by atoms with Gasteiger partial charge in [0.1, 0.15) is 5.69 Å². The zero-order chi connectivity index (χ0) is 19.1.